The zero-order valence-corrected chi connectivity index (χ0v) is 10.1. The second-order valence-corrected chi connectivity index (χ2v) is 6.31. The Morgan fingerprint density at radius 3 is 2.35 bits per heavy atom. The molecule has 2 rings (SSSR count). The van der Waals surface area contributed by atoms with Gasteiger partial charge in [-0.3, -0.25) is 4.79 Å². The number of hydrogen-bond donors (Lipinski definition) is 2. The minimum Gasteiger partial charge on any atom is -0.480 e. The third kappa shape index (κ3) is 2.30. The Morgan fingerprint density at radius 2 is 1.82 bits per heavy atom. The van der Waals surface area contributed by atoms with Gasteiger partial charge in [0.25, 0.3) is 10.2 Å². The first kappa shape index (κ1) is 12.7. The molecule has 2 N–H and O–H groups in total. The molecular weight excluding hydrogens is 248 g/mol. The van der Waals surface area contributed by atoms with Crippen LogP contribution in [0.1, 0.15) is 19.3 Å². The predicted octanol–water partition coefficient (Wildman–Crippen LogP) is -1.15. The van der Waals surface area contributed by atoms with Crippen LogP contribution >= 0.6 is 0 Å². The fourth-order valence-corrected chi connectivity index (χ4v) is 4.21. The molecule has 0 aromatic rings. The van der Waals surface area contributed by atoms with Gasteiger partial charge in [-0.05, 0) is 12.8 Å². The van der Waals surface area contributed by atoms with E-state index in [2.05, 4.69) is 0 Å². The van der Waals surface area contributed by atoms with Crippen LogP contribution in [-0.2, 0) is 15.0 Å². The zero-order chi connectivity index (χ0) is 12.6. The van der Waals surface area contributed by atoms with Gasteiger partial charge in [0, 0.05) is 26.1 Å². The summed E-state index contributed by atoms with van der Waals surface area (Å²) in [6.45, 7) is 0.734. The first-order valence-corrected chi connectivity index (χ1v) is 7.00. The van der Waals surface area contributed by atoms with Crippen LogP contribution in [0.25, 0.3) is 0 Å². The van der Waals surface area contributed by atoms with Crippen molar-refractivity contribution in [2.45, 2.75) is 31.4 Å². The number of carbonyl (C=O) groups is 1. The first-order valence-electron chi connectivity index (χ1n) is 5.60. The van der Waals surface area contributed by atoms with E-state index < -0.39 is 28.3 Å². The summed E-state index contributed by atoms with van der Waals surface area (Å²) in [6.07, 6.45) is 0.664. The van der Waals surface area contributed by atoms with Crippen LogP contribution in [0.15, 0.2) is 0 Å². The minimum atomic E-state index is -3.74. The van der Waals surface area contributed by atoms with Gasteiger partial charge < -0.3 is 10.2 Å². The standard InChI is InChI=1S/C9H16N2O5S/c12-7-5-8(9(13)14)11(6-7)17(15,16)10-3-1-2-4-10/h7-8,12H,1-6H2,(H,13,14)/t7-,8-/m1/s1. The quantitative estimate of drug-likeness (QED) is 0.670. The second-order valence-electron chi connectivity index (χ2n) is 4.43. The van der Waals surface area contributed by atoms with E-state index >= 15 is 0 Å². The number of nitrogens with zero attached hydrogens (tertiary/aromatic N) is 2. The number of aliphatic carboxylic acids is 1. The number of β-amino-alcohol motifs (C(OH)–C–C–N with tert-alkyl or cyclic N) is 1. The number of carboxylic acids is 1. The average Bonchev–Trinajstić information content (AvgIpc) is 2.84. The lowest BCUT2D eigenvalue weighted by atomic mass is 10.2. The van der Waals surface area contributed by atoms with Crippen LogP contribution < -0.4 is 0 Å². The van der Waals surface area contributed by atoms with Crippen molar-refractivity contribution in [2.24, 2.45) is 0 Å². The Bertz CT molecular complexity index is 404. The van der Waals surface area contributed by atoms with Crippen molar-refractivity contribution < 1.29 is 23.4 Å². The van der Waals surface area contributed by atoms with E-state index in [1.165, 1.54) is 4.31 Å². The molecule has 2 heterocycles. The molecule has 0 bridgehead atoms. The van der Waals surface area contributed by atoms with Gasteiger partial charge >= 0.3 is 5.97 Å². The molecule has 7 nitrogen and oxygen atoms in total. The van der Waals surface area contributed by atoms with Crippen molar-refractivity contribution in [3.05, 3.63) is 0 Å². The van der Waals surface area contributed by atoms with Gasteiger partial charge in [0.2, 0.25) is 0 Å². The van der Waals surface area contributed by atoms with E-state index in [4.69, 9.17) is 5.11 Å². The molecule has 8 heteroatoms. The Labute approximate surface area is 99.8 Å². The van der Waals surface area contributed by atoms with Crippen molar-refractivity contribution in [1.29, 1.82) is 0 Å². The van der Waals surface area contributed by atoms with E-state index in [0.717, 1.165) is 17.1 Å². The Balaban J connectivity index is 2.22. The van der Waals surface area contributed by atoms with Gasteiger partial charge in [-0.25, -0.2) is 0 Å². The second kappa shape index (κ2) is 4.52. The lowest BCUT2D eigenvalue weighted by Gasteiger charge is -2.26. The number of aliphatic hydroxyl groups is 1. The van der Waals surface area contributed by atoms with Crippen molar-refractivity contribution in [1.82, 2.24) is 8.61 Å². The van der Waals surface area contributed by atoms with Crippen LogP contribution in [0.5, 0.6) is 0 Å². The largest absolute Gasteiger partial charge is 0.480 e. The summed E-state index contributed by atoms with van der Waals surface area (Å²) in [4.78, 5) is 11.0. The van der Waals surface area contributed by atoms with Crippen molar-refractivity contribution in [3.63, 3.8) is 0 Å². The highest BCUT2D eigenvalue weighted by Gasteiger charge is 2.45. The first-order chi connectivity index (χ1) is 7.93. The fraction of sp³-hybridized carbons (Fsp3) is 0.889. The average molecular weight is 264 g/mol. The third-order valence-corrected chi connectivity index (χ3v) is 5.22. The molecule has 2 fully saturated rings. The summed E-state index contributed by atoms with van der Waals surface area (Å²) in [7, 11) is -3.74. The molecule has 2 aliphatic rings. The Kier molecular flexibility index (Phi) is 3.39. The van der Waals surface area contributed by atoms with E-state index in [-0.39, 0.29) is 13.0 Å². The highest BCUT2D eigenvalue weighted by molar-refractivity contribution is 7.86. The van der Waals surface area contributed by atoms with Crippen LogP contribution in [0.3, 0.4) is 0 Å². The fourth-order valence-electron chi connectivity index (χ4n) is 2.33. The summed E-state index contributed by atoms with van der Waals surface area (Å²) in [6, 6.07) is -1.14. The maximum absolute atomic E-state index is 12.2. The van der Waals surface area contributed by atoms with Crippen LogP contribution in [0, 0.1) is 0 Å². The molecular formula is C9H16N2O5S. The van der Waals surface area contributed by atoms with Crippen LogP contribution in [0.2, 0.25) is 0 Å². The van der Waals surface area contributed by atoms with Gasteiger partial charge in [0.15, 0.2) is 0 Å². The monoisotopic (exact) mass is 264 g/mol. The van der Waals surface area contributed by atoms with Crippen LogP contribution in [-0.4, -0.2) is 65.0 Å². The number of carboxylic acid groups (broad SMARTS) is 1. The van der Waals surface area contributed by atoms with Crippen LogP contribution in [0.4, 0.5) is 0 Å². The van der Waals surface area contributed by atoms with E-state index in [9.17, 15) is 18.3 Å². The molecule has 0 spiro atoms. The topological polar surface area (TPSA) is 98.1 Å². The smallest absolute Gasteiger partial charge is 0.322 e. The zero-order valence-electron chi connectivity index (χ0n) is 9.32. The molecule has 0 amide bonds. The lowest BCUT2D eigenvalue weighted by Crippen LogP contribution is -2.47. The third-order valence-electron chi connectivity index (χ3n) is 3.21. The SMILES string of the molecule is O=C(O)[C@H]1C[C@@H](O)CN1S(=O)(=O)N1CCCC1. The van der Waals surface area contributed by atoms with Gasteiger partial charge in [-0.2, -0.15) is 17.0 Å². The van der Waals surface area contributed by atoms with Crippen molar-refractivity contribution in [3.8, 4) is 0 Å². The van der Waals surface area contributed by atoms with E-state index in [0.29, 0.717) is 13.1 Å². The molecule has 2 aliphatic heterocycles. The van der Waals surface area contributed by atoms with Gasteiger partial charge in [-0.1, -0.05) is 0 Å². The molecule has 0 unspecified atom stereocenters. The summed E-state index contributed by atoms with van der Waals surface area (Å²) in [5, 5.41) is 18.4. The number of aliphatic hydroxyl groups excluding tert-OH is 1. The normalized spacial score (nSPS) is 32.1. The van der Waals surface area contributed by atoms with E-state index in [1.54, 1.807) is 0 Å². The maximum atomic E-state index is 12.2. The highest BCUT2D eigenvalue weighted by atomic mass is 32.2. The summed E-state index contributed by atoms with van der Waals surface area (Å²) >= 11 is 0. The predicted molar refractivity (Wildman–Crippen MR) is 58.5 cm³/mol. The molecule has 0 aromatic carbocycles. The number of hydrogen-bond acceptors (Lipinski definition) is 4. The Hall–Kier alpha value is -0.700. The molecule has 98 valence electrons. The Morgan fingerprint density at radius 1 is 1.24 bits per heavy atom. The minimum absolute atomic E-state index is 0.0393. The number of rotatable bonds is 3. The molecule has 0 saturated carbocycles. The molecule has 0 aliphatic carbocycles. The molecule has 2 saturated heterocycles. The molecule has 2 atom stereocenters. The van der Waals surface area contributed by atoms with Crippen molar-refractivity contribution in [2.75, 3.05) is 19.6 Å². The van der Waals surface area contributed by atoms with Gasteiger partial charge in [-0.15, -0.1) is 0 Å². The molecule has 0 radical (unpaired) electrons. The summed E-state index contributed by atoms with van der Waals surface area (Å²) in [5.41, 5.74) is 0. The lowest BCUT2D eigenvalue weighted by molar-refractivity contribution is -0.140. The highest BCUT2D eigenvalue weighted by Crippen LogP contribution is 2.26. The van der Waals surface area contributed by atoms with Crippen molar-refractivity contribution >= 4 is 16.2 Å². The maximum Gasteiger partial charge on any atom is 0.322 e. The molecule has 17 heavy (non-hydrogen) atoms. The summed E-state index contributed by atoms with van der Waals surface area (Å²) < 4.78 is 26.5. The van der Waals surface area contributed by atoms with Gasteiger partial charge in [0.1, 0.15) is 6.04 Å². The van der Waals surface area contributed by atoms with Gasteiger partial charge in [0.05, 0.1) is 6.10 Å². The molecule has 0 aromatic heterocycles. The summed E-state index contributed by atoms with van der Waals surface area (Å²) in [5.74, 6) is -1.20. The van der Waals surface area contributed by atoms with E-state index in [1.807, 2.05) is 0 Å².